The van der Waals surface area contributed by atoms with E-state index in [9.17, 15) is 4.79 Å². The number of ether oxygens (including phenoxy) is 1. The van der Waals surface area contributed by atoms with Gasteiger partial charge in [-0.15, -0.1) is 0 Å². The van der Waals surface area contributed by atoms with Crippen LogP contribution in [-0.2, 0) is 4.79 Å². The Morgan fingerprint density at radius 1 is 1.08 bits per heavy atom. The highest BCUT2D eigenvalue weighted by molar-refractivity contribution is 5.92. The first-order valence-corrected chi connectivity index (χ1v) is 8.12. The predicted octanol–water partition coefficient (Wildman–Crippen LogP) is 4.02. The van der Waals surface area contributed by atoms with Crippen molar-refractivity contribution in [1.29, 1.82) is 0 Å². The second-order valence-corrected chi connectivity index (χ2v) is 5.74. The first kappa shape index (κ1) is 16.1. The summed E-state index contributed by atoms with van der Waals surface area (Å²) in [6.07, 6.45) is 6.53. The van der Waals surface area contributed by atoms with Crippen molar-refractivity contribution in [2.45, 2.75) is 6.42 Å². The lowest BCUT2D eigenvalue weighted by Crippen LogP contribution is -2.33. The molecule has 0 aliphatic carbocycles. The Kier molecular flexibility index (Phi) is 5.12. The highest BCUT2D eigenvalue weighted by atomic mass is 16.5. The molecule has 1 aliphatic heterocycles. The van der Waals surface area contributed by atoms with Crippen LogP contribution in [-0.4, -0.2) is 31.0 Å². The monoisotopic (exact) mass is 319 g/mol. The van der Waals surface area contributed by atoms with Gasteiger partial charge in [-0.2, -0.15) is 0 Å². The Balaban J connectivity index is 1.60. The second-order valence-electron chi connectivity index (χ2n) is 5.74. The van der Waals surface area contributed by atoms with E-state index in [4.69, 9.17) is 4.74 Å². The molecule has 0 bridgehead atoms. The van der Waals surface area contributed by atoms with Crippen molar-refractivity contribution < 1.29 is 9.53 Å². The fourth-order valence-electron chi connectivity index (χ4n) is 2.77. The third kappa shape index (κ3) is 3.93. The van der Waals surface area contributed by atoms with E-state index in [1.807, 2.05) is 53.4 Å². The first-order chi connectivity index (χ1) is 11.8. The number of hydrogen-bond acceptors (Lipinski definition) is 2. The minimum Gasteiger partial charge on any atom is -0.497 e. The van der Waals surface area contributed by atoms with Crippen LogP contribution in [0.2, 0.25) is 0 Å². The molecular formula is C21H21NO2. The molecule has 3 rings (SSSR count). The van der Waals surface area contributed by atoms with E-state index in [-0.39, 0.29) is 5.91 Å². The molecule has 0 aromatic heterocycles. The first-order valence-electron chi connectivity index (χ1n) is 8.12. The molecule has 1 heterocycles. The zero-order valence-electron chi connectivity index (χ0n) is 13.8. The largest absolute Gasteiger partial charge is 0.497 e. The summed E-state index contributed by atoms with van der Waals surface area (Å²) in [6, 6.07) is 18.0. The summed E-state index contributed by atoms with van der Waals surface area (Å²) >= 11 is 0. The number of amides is 1. The molecule has 0 N–H and O–H groups in total. The van der Waals surface area contributed by atoms with Crippen molar-refractivity contribution in [3.63, 3.8) is 0 Å². The fourth-order valence-corrected chi connectivity index (χ4v) is 2.77. The summed E-state index contributed by atoms with van der Waals surface area (Å²) in [5.41, 5.74) is 3.55. The van der Waals surface area contributed by atoms with E-state index >= 15 is 0 Å². The molecule has 0 fully saturated rings. The molecule has 2 aromatic rings. The normalized spacial score (nSPS) is 14.5. The van der Waals surface area contributed by atoms with Crippen LogP contribution < -0.4 is 4.74 Å². The Hall–Kier alpha value is -2.81. The Bertz CT molecular complexity index is 745. The van der Waals surface area contributed by atoms with Gasteiger partial charge >= 0.3 is 0 Å². The molecule has 1 aliphatic rings. The quantitative estimate of drug-likeness (QED) is 0.797. The molecule has 0 unspecified atom stereocenters. The van der Waals surface area contributed by atoms with Crippen molar-refractivity contribution >= 4 is 17.6 Å². The maximum atomic E-state index is 12.3. The zero-order valence-corrected chi connectivity index (χ0v) is 13.8. The number of carbonyl (C=O) groups excluding carboxylic acids is 1. The lowest BCUT2D eigenvalue weighted by atomic mass is 9.99. The lowest BCUT2D eigenvalue weighted by molar-refractivity contribution is -0.125. The molecule has 2 aromatic carbocycles. The highest BCUT2D eigenvalue weighted by Gasteiger charge is 2.15. The maximum Gasteiger partial charge on any atom is 0.246 e. The van der Waals surface area contributed by atoms with Gasteiger partial charge < -0.3 is 9.64 Å². The average molecular weight is 319 g/mol. The standard InChI is InChI=1S/C21H21NO2/c1-24-20-10-7-17(8-11-20)9-12-21(23)22-15-13-19(14-16-22)18-5-3-2-4-6-18/h2-13H,14-16H2,1H3/b12-9+. The molecule has 0 saturated carbocycles. The van der Waals surface area contributed by atoms with E-state index < -0.39 is 0 Å². The van der Waals surface area contributed by atoms with Gasteiger partial charge in [-0.25, -0.2) is 0 Å². The smallest absolute Gasteiger partial charge is 0.246 e. The van der Waals surface area contributed by atoms with Crippen LogP contribution in [0.4, 0.5) is 0 Å². The number of rotatable bonds is 4. The van der Waals surface area contributed by atoms with Gasteiger partial charge in [0.2, 0.25) is 5.91 Å². The maximum absolute atomic E-state index is 12.3. The lowest BCUT2D eigenvalue weighted by Gasteiger charge is -2.25. The van der Waals surface area contributed by atoms with E-state index in [1.54, 1.807) is 13.2 Å². The topological polar surface area (TPSA) is 29.5 Å². The van der Waals surface area contributed by atoms with Gasteiger partial charge in [-0.05, 0) is 41.3 Å². The molecule has 122 valence electrons. The van der Waals surface area contributed by atoms with Crippen LogP contribution >= 0.6 is 0 Å². The third-order valence-corrected chi connectivity index (χ3v) is 4.20. The van der Waals surface area contributed by atoms with Crippen molar-refractivity contribution in [3.05, 3.63) is 77.9 Å². The molecule has 3 heteroatoms. The van der Waals surface area contributed by atoms with Crippen LogP contribution in [0, 0.1) is 0 Å². The summed E-state index contributed by atoms with van der Waals surface area (Å²) in [5.74, 6) is 0.863. The van der Waals surface area contributed by atoms with Crippen LogP contribution in [0.5, 0.6) is 5.75 Å². The highest BCUT2D eigenvalue weighted by Crippen LogP contribution is 2.22. The van der Waals surface area contributed by atoms with E-state index in [1.165, 1.54) is 11.1 Å². The van der Waals surface area contributed by atoms with Gasteiger partial charge in [0.1, 0.15) is 5.75 Å². The Labute approximate surface area is 142 Å². The van der Waals surface area contributed by atoms with Crippen molar-refractivity contribution in [2.75, 3.05) is 20.2 Å². The van der Waals surface area contributed by atoms with Crippen molar-refractivity contribution in [3.8, 4) is 5.75 Å². The van der Waals surface area contributed by atoms with Gasteiger partial charge in [0.25, 0.3) is 0 Å². The summed E-state index contributed by atoms with van der Waals surface area (Å²) in [4.78, 5) is 14.2. The summed E-state index contributed by atoms with van der Waals surface area (Å²) < 4.78 is 5.13. The SMILES string of the molecule is COc1ccc(/C=C/C(=O)N2CC=C(c3ccccc3)CC2)cc1. The van der Waals surface area contributed by atoms with Gasteiger partial charge in [-0.1, -0.05) is 48.5 Å². The van der Waals surface area contributed by atoms with E-state index in [0.717, 1.165) is 24.3 Å². The van der Waals surface area contributed by atoms with Gasteiger partial charge in [0.05, 0.1) is 7.11 Å². The minimum atomic E-state index is 0.0502. The zero-order chi connectivity index (χ0) is 16.8. The van der Waals surface area contributed by atoms with Crippen molar-refractivity contribution in [2.24, 2.45) is 0 Å². The Morgan fingerprint density at radius 2 is 1.83 bits per heavy atom. The number of carbonyl (C=O) groups is 1. The van der Waals surface area contributed by atoms with Crippen LogP contribution in [0.15, 0.2) is 66.7 Å². The summed E-state index contributed by atoms with van der Waals surface area (Å²) in [7, 11) is 1.64. The molecule has 0 spiro atoms. The molecule has 3 nitrogen and oxygen atoms in total. The predicted molar refractivity (Wildman–Crippen MR) is 97.6 cm³/mol. The number of hydrogen-bond donors (Lipinski definition) is 0. The van der Waals surface area contributed by atoms with Gasteiger partial charge in [0.15, 0.2) is 0 Å². The van der Waals surface area contributed by atoms with Gasteiger partial charge in [-0.3, -0.25) is 4.79 Å². The van der Waals surface area contributed by atoms with E-state index in [2.05, 4.69) is 18.2 Å². The molecular weight excluding hydrogens is 298 g/mol. The minimum absolute atomic E-state index is 0.0502. The summed E-state index contributed by atoms with van der Waals surface area (Å²) in [5, 5.41) is 0. The molecule has 1 amide bonds. The Morgan fingerprint density at radius 3 is 2.46 bits per heavy atom. The average Bonchev–Trinajstić information content (AvgIpc) is 2.67. The molecule has 24 heavy (non-hydrogen) atoms. The van der Waals surface area contributed by atoms with Crippen LogP contribution in [0.1, 0.15) is 17.5 Å². The van der Waals surface area contributed by atoms with E-state index in [0.29, 0.717) is 6.54 Å². The summed E-state index contributed by atoms with van der Waals surface area (Å²) in [6.45, 7) is 1.42. The van der Waals surface area contributed by atoms with Crippen molar-refractivity contribution in [1.82, 2.24) is 4.90 Å². The molecule has 0 saturated heterocycles. The molecule has 0 atom stereocenters. The third-order valence-electron chi connectivity index (χ3n) is 4.20. The number of benzene rings is 2. The number of methoxy groups -OCH3 is 1. The van der Waals surface area contributed by atoms with Gasteiger partial charge in [0, 0.05) is 19.2 Å². The van der Waals surface area contributed by atoms with Crippen LogP contribution in [0.3, 0.4) is 0 Å². The van der Waals surface area contributed by atoms with Crippen LogP contribution in [0.25, 0.3) is 11.6 Å². The molecule has 0 radical (unpaired) electrons. The second kappa shape index (κ2) is 7.64. The number of nitrogens with zero attached hydrogens (tertiary/aromatic N) is 1. The fraction of sp³-hybridized carbons (Fsp3) is 0.190.